The third-order valence-corrected chi connectivity index (χ3v) is 5.98. The minimum absolute atomic E-state index is 0.0832. The molecular formula is C24H23Cl2N5O2. The van der Waals surface area contributed by atoms with Crippen LogP contribution in [0.4, 0.5) is 5.69 Å². The van der Waals surface area contributed by atoms with Gasteiger partial charge in [-0.25, -0.2) is 4.68 Å². The zero-order valence-electron chi connectivity index (χ0n) is 18.5. The number of nitrogens with one attached hydrogen (secondary N) is 1. The Bertz CT molecular complexity index is 1310. The van der Waals surface area contributed by atoms with Crippen molar-refractivity contribution in [3.05, 3.63) is 93.0 Å². The van der Waals surface area contributed by atoms with Crippen LogP contribution in [0.25, 0.3) is 0 Å². The van der Waals surface area contributed by atoms with E-state index < -0.39 is 0 Å². The third-order valence-electron chi connectivity index (χ3n) is 5.18. The smallest absolute Gasteiger partial charge is 0.276 e. The number of carbonyl (C=O) groups excluding carboxylic acids is 1. The van der Waals surface area contributed by atoms with E-state index in [1.807, 2.05) is 24.6 Å². The molecule has 33 heavy (non-hydrogen) atoms. The van der Waals surface area contributed by atoms with E-state index in [1.54, 1.807) is 30.5 Å². The molecule has 2 aromatic heterocycles. The number of halogens is 2. The first-order chi connectivity index (χ1) is 15.8. The number of aromatic nitrogens is 4. The fourth-order valence-electron chi connectivity index (χ4n) is 3.48. The van der Waals surface area contributed by atoms with Gasteiger partial charge in [0.15, 0.2) is 12.4 Å². The van der Waals surface area contributed by atoms with Crippen LogP contribution >= 0.6 is 23.2 Å². The average Bonchev–Trinajstić information content (AvgIpc) is 3.35. The highest BCUT2D eigenvalue weighted by Crippen LogP contribution is 2.31. The standard InChI is InChI=1S/C24H23Cl2N5O2/c1-15-6-4-7-18(12-15)13-31-17(3)23(16(2)28-31)27-24(32)20-10-11-30(29-20)14-33-21-9-5-8-19(25)22(21)26/h4-12H,13-14H2,1-3H3,(H,27,32). The highest BCUT2D eigenvalue weighted by molar-refractivity contribution is 6.42. The van der Waals surface area contributed by atoms with E-state index in [-0.39, 0.29) is 18.3 Å². The lowest BCUT2D eigenvalue weighted by Gasteiger charge is -2.09. The first-order valence-corrected chi connectivity index (χ1v) is 11.1. The van der Waals surface area contributed by atoms with Gasteiger partial charge in [-0.2, -0.15) is 10.2 Å². The van der Waals surface area contributed by atoms with Gasteiger partial charge in [0, 0.05) is 6.20 Å². The van der Waals surface area contributed by atoms with E-state index in [1.165, 1.54) is 10.2 Å². The molecule has 9 heteroatoms. The minimum atomic E-state index is -0.323. The Morgan fingerprint density at radius 1 is 1.06 bits per heavy atom. The molecule has 0 fully saturated rings. The number of rotatable bonds is 7. The van der Waals surface area contributed by atoms with Gasteiger partial charge in [-0.15, -0.1) is 0 Å². The maximum absolute atomic E-state index is 12.8. The Labute approximate surface area is 201 Å². The molecule has 0 aliphatic heterocycles. The topological polar surface area (TPSA) is 74.0 Å². The molecule has 0 spiro atoms. The van der Waals surface area contributed by atoms with Crippen molar-refractivity contribution in [1.82, 2.24) is 19.6 Å². The molecule has 7 nitrogen and oxygen atoms in total. The van der Waals surface area contributed by atoms with Crippen molar-refractivity contribution in [3.63, 3.8) is 0 Å². The van der Waals surface area contributed by atoms with Gasteiger partial charge >= 0.3 is 0 Å². The Hall–Kier alpha value is -3.29. The summed E-state index contributed by atoms with van der Waals surface area (Å²) in [6, 6.07) is 15.0. The Morgan fingerprint density at radius 3 is 2.64 bits per heavy atom. The number of benzene rings is 2. The summed E-state index contributed by atoms with van der Waals surface area (Å²) in [6.07, 6.45) is 1.66. The lowest BCUT2D eigenvalue weighted by atomic mass is 10.1. The Balaban J connectivity index is 1.43. The fourth-order valence-corrected chi connectivity index (χ4v) is 3.83. The molecule has 0 aliphatic rings. The Kier molecular flexibility index (Phi) is 6.72. The number of aryl methyl sites for hydroxylation is 2. The van der Waals surface area contributed by atoms with Crippen LogP contribution in [-0.2, 0) is 13.3 Å². The SMILES string of the molecule is Cc1cccc(Cn2nc(C)c(NC(=O)c3ccn(COc4cccc(Cl)c4Cl)n3)c2C)c1. The summed E-state index contributed by atoms with van der Waals surface area (Å²) in [5.74, 6) is 0.119. The van der Waals surface area contributed by atoms with Crippen LogP contribution < -0.4 is 10.1 Å². The van der Waals surface area contributed by atoms with E-state index in [9.17, 15) is 4.79 Å². The van der Waals surface area contributed by atoms with Crippen molar-refractivity contribution in [2.75, 3.05) is 5.32 Å². The molecule has 0 atom stereocenters. The molecule has 1 N–H and O–H groups in total. The van der Waals surface area contributed by atoms with Gasteiger partial charge in [0.1, 0.15) is 10.8 Å². The molecule has 170 valence electrons. The van der Waals surface area contributed by atoms with E-state index >= 15 is 0 Å². The van der Waals surface area contributed by atoms with Crippen LogP contribution in [0.1, 0.15) is 33.0 Å². The molecule has 0 unspecified atom stereocenters. The second-order valence-corrected chi connectivity index (χ2v) is 8.50. The molecular weight excluding hydrogens is 461 g/mol. The van der Waals surface area contributed by atoms with Gasteiger partial charge in [-0.3, -0.25) is 9.48 Å². The van der Waals surface area contributed by atoms with Gasteiger partial charge in [0.25, 0.3) is 5.91 Å². The van der Waals surface area contributed by atoms with Gasteiger partial charge in [-0.05, 0) is 44.5 Å². The van der Waals surface area contributed by atoms with Crippen molar-refractivity contribution in [2.24, 2.45) is 0 Å². The highest BCUT2D eigenvalue weighted by Gasteiger charge is 2.17. The van der Waals surface area contributed by atoms with Crippen LogP contribution in [0, 0.1) is 20.8 Å². The van der Waals surface area contributed by atoms with Crippen molar-refractivity contribution in [1.29, 1.82) is 0 Å². The second kappa shape index (κ2) is 9.68. The predicted molar refractivity (Wildman–Crippen MR) is 129 cm³/mol. The average molecular weight is 484 g/mol. The summed E-state index contributed by atoms with van der Waals surface area (Å²) >= 11 is 12.1. The van der Waals surface area contributed by atoms with E-state index in [4.69, 9.17) is 27.9 Å². The molecule has 0 bridgehead atoms. The largest absolute Gasteiger partial charge is 0.470 e. The first-order valence-electron chi connectivity index (χ1n) is 10.3. The maximum Gasteiger partial charge on any atom is 0.276 e. The van der Waals surface area contributed by atoms with Gasteiger partial charge in [0.2, 0.25) is 0 Å². The molecule has 0 radical (unpaired) electrons. The monoisotopic (exact) mass is 483 g/mol. The molecule has 4 rings (SSSR count). The van der Waals surface area contributed by atoms with Crippen molar-refractivity contribution >= 4 is 34.8 Å². The summed E-state index contributed by atoms with van der Waals surface area (Å²) in [6.45, 7) is 6.58. The summed E-state index contributed by atoms with van der Waals surface area (Å²) < 4.78 is 9.06. The van der Waals surface area contributed by atoms with Gasteiger partial charge in [-0.1, -0.05) is 59.1 Å². The summed E-state index contributed by atoms with van der Waals surface area (Å²) in [5, 5.41) is 12.6. The highest BCUT2D eigenvalue weighted by atomic mass is 35.5. The molecule has 0 aliphatic carbocycles. The zero-order chi connectivity index (χ0) is 23.5. The normalized spacial score (nSPS) is 10.9. The van der Waals surface area contributed by atoms with Crippen molar-refractivity contribution in [2.45, 2.75) is 34.0 Å². The Morgan fingerprint density at radius 2 is 1.85 bits per heavy atom. The lowest BCUT2D eigenvalue weighted by molar-refractivity contribution is 0.102. The minimum Gasteiger partial charge on any atom is -0.470 e. The number of hydrogen-bond acceptors (Lipinski definition) is 4. The van der Waals surface area contributed by atoms with Gasteiger partial charge in [0.05, 0.1) is 28.6 Å². The molecule has 0 saturated carbocycles. The number of anilines is 1. The van der Waals surface area contributed by atoms with Crippen LogP contribution in [0.15, 0.2) is 54.7 Å². The summed E-state index contributed by atoms with van der Waals surface area (Å²) in [4.78, 5) is 12.8. The van der Waals surface area contributed by atoms with Crippen LogP contribution in [-0.4, -0.2) is 25.5 Å². The number of nitrogens with zero attached hydrogens (tertiary/aromatic N) is 4. The zero-order valence-corrected chi connectivity index (χ0v) is 20.0. The number of amides is 1. The predicted octanol–water partition coefficient (Wildman–Crippen LogP) is 5.65. The van der Waals surface area contributed by atoms with Gasteiger partial charge < -0.3 is 10.1 Å². The quantitative estimate of drug-likeness (QED) is 0.368. The van der Waals surface area contributed by atoms with Crippen LogP contribution in [0.3, 0.4) is 0 Å². The van der Waals surface area contributed by atoms with E-state index in [2.05, 4.69) is 40.6 Å². The summed E-state index contributed by atoms with van der Waals surface area (Å²) in [5.41, 5.74) is 4.91. The maximum atomic E-state index is 12.8. The number of ether oxygens (including phenoxy) is 1. The van der Waals surface area contributed by atoms with E-state index in [0.717, 1.165) is 17.0 Å². The van der Waals surface area contributed by atoms with E-state index in [0.29, 0.717) is 28.0 Å². The molecule has 0 saturated heterocycles. The second-order valence-electron chi connectivity index (χ2n) is 7.71. The lowest BCUT2D eigenvalue weighted by Crippen LogP contribution is -2.15. The fraction of sp³-hybridized carbons (Fsp3) is 0.208. The molecule has 4 aromatic rings. The van der Waals surface area contributed by atoms with Crippen LogP contribution in [0.2, 0.25) is 10.0 Å². The van der Waals surface area contributed by atoms with Crippen LogP contribution in [0.5, 0.6) is 5.75 Å². The molecule has 2 aromatic carbocycles. The summed E-state index contributed by atoms with van der Waals surface area (Å²) in [7, 11) is 0. The third kappa shape index (κ3) is 5.21. The first kappa shape index (κ1) is 22.9. The molecule has 1 amide bonds. The van der Waals surface area contributed by atoms with Crippen molar-refractivity contribution in [3.8, 4) is 5.75 Å². The number of carbonyl (C=O) groups is 1. The molecule has 2 heterocycles. The number of hydrogen-bond donors (Lipinski definition) is 1. The van der Waals surface area contributed by atoms with Crippen molar-refractivity contribution < 1.29 is 9.53 Å².